The molecule has 3 aliphatic rings. The molecule has 0 aliphatic carbocycles. The third-order valence-electron chi connectivity index (χ3n) is 5.43. The third-order valence-corrected chi connectivity index (χ3v) is 5.43. The Bertz CT molecular complexity index is 850. The number of ether oxygens (including phenoxy) is 3. The molecule has 7 heteroatoms. The first-order chi connectivity index (χ1) is 12.2. The van der Waals surface area contributed by atoms with Crippen LogP contribution in [0.15, 0.2) is 29.3 Å². The molecule has 3 heterocycles. The summed E-state index contributed by atoms with van der Waals surface area (Å²) in [5.74, 6) is -1.68. The lowest BCUT2D eigenvalue weighted by Crippen LogP contribution is -2.83. The van der Waals surface area contributed by atoms with Gasteiger partial charge in [0.2, 0.25) is 11.1 Å². The lowest BCUT2D eigenvalue weighted by atomic mass is 9.61. The minimum Gasteiger partial charge on any atom is -0.424 e. The number of amides is 2. The lowest BCUT2D eigenvalue weighted by Gasteiger charge is -2.63. The monoisotopic (exact) mass is 358 g/mol. The van der Waals surface area contributed by atoms with Crippen LogP contribution in [0.4, 0.5) is 0 Å². The second-order valence-electron chi connectivity index (χ2n) is 7.45. The summed E-state index contributed by atoms with van der Waals surface area (Å²) < 4.78 is 17.6. The summed E-state index contributed by atoms with van der Waals surface area (Å²) in [4.78, 5) is 31.9. The average molecular weight is 358 g/mol. The number of hydrogen-bond donors (Lipinski definition) is 0. The van der Waals surface area contributed by atoms with E-state index in [1.54, 1.807) is 31.2 Å². The fraction of sp³-hybridized carbons (Fsp3) is 0.526. The van der Waals surface area contributed by atoms with Crippen LogP contribution in [0.2, 0.25) is 0 Å². The van der Waals surface area contributed by atoms with Crippen molar-refractivity contribution < 1.29 is 23.8 Å². The van der Waals surface area contributed by atoms with Crippen LogP contribution in [-0.4, -0.2) is 48.3 Å². The van der Waals surface area contributed by atoms with Gasteiger partial charge in [-0.3, -0.25) is 19.2 Å². The Balaban J connectivity index is 2.02. The molecular weight excluding hydrogens is 336 g/mol. The number of benzene rings is 1. The highest BCUT2D eigenvalue weighted by Crippen LogP contribution is 2.66. The normalized spacial score (nSPS) is 35.2. The maximum Gasteiger partial charge on any atom is 0.360 e. The SMILES string of the molecule is CO[C@]12OC(C)=N[C@@]1(CC(C)C)[C@]1(O2)C(=O)N(C)C(=O)c2ccccc21. The number of aliphatic imine (C=N–C) groups is 1. The topological polar surface area (TPSA) is 77.4 Å². The van der Waals surface area contributed by atoms with E-state index in [1.807, 2.05) is 13.8 Å². The van der Waals surface area contributed by atoms with Crippen LogP contribution in [0.25, 0.3) is 0 Å². The molecule has 1 spiro atoms. The van der Waals surface area contributed by atoms with Gasteiger partial charge in [0.15, 0.2) is 5.90 Å². The Labute approximate surface area is 151 Å². The zero-order valence-electron chi connectivity index (χ0n) is 15.5. The van der Waals surface area contributed by atoms with Crippen molar-refractivity contribution in [1.82, 2.24) is 4.90 Å². The number of rotatable bonds is 3. The van der Waals surface area contributed by atoms with Gasteiger partial charge < -0.3 is 9.47 Å². The maximum absolute atomic E-state index is 13.4. The Hall–Kier alpha value is -2.25. The van der Waals surface area contributed by atoms with Gasteiger partial charge >= 0.3 is 5.97 Å². The van der Waals surface area contributed by atoms with Gasteiger partial charge in [0.05, 0.1) is 0 Å². The predicted molar refractivity (Wildman–Crippen MR) is 92.4 cm³/mol. The first-order valence-corrected chi connectivity index (χ1v) is 8.67. The standard InChI is InChI=1S/C19H22N2O5/c1-11(2)10-17-18(26-19(17,24-5)25-12(3)20-17)14-9-7-6-8-13(14)15(22)21(4)16(18)23/h6-9,11H,10H2,1-5H3/t17-,18+,19-/m0/s1. The Morgan fingerprint density at radius 1 is 1.27 bits per heavy atom. The highest BCUT2D eigenvalue weighted by molar-refractivity contribution is 6.13. The Morgan fingerprint density at radius 2 is 1.96 bits per heavy atom. The molecule has 4 rings (SSSR count). The molecule has 0 bridgehead atoms. The molecule has 0 N–H and O–H groups in total. The average Bonchev–Trinajstić information content (AvgIpc) is 2.82. The Morgan fingerprint density at radius 3 is 2.62 bits per heavy atom. The molecule has 1 aromatic rings. The molecule has 2 amide bonds. The van der Waals surface area contributed by atoms with Crippen LogP contribution in [0.5, 0.6) is 0 Å². The minimum absolute atomic E-state index is 0.187. The zero-order chi connectivity index (χ0) is 18.9. The fourth-order valence-electron chi connectivity index (χ4n) is 4.53. The van der Waals surface area contributed by atoms with Crippen molar-refractivity contribution in [3.05, 3.63) is 35.4 Å². The molecule has 7 nitrogen and oxygen atoms in total. The molecule has 26 heavy (non-hydrogen) atoms. The van der Waals surface area contributed by atoms with E-state index in [-0.39, 0.29) is 11.8 Å². The summed E-state index contributed by atoms with van der Waals surface area (Å²) in [5.41, 5.74) is -1.61. The predicted octanol–water partition coefficient (Wildman–Crippen LogP) is 2.06. The molecule has 0 radical (unpaired) electrons. The number of carbonyl (C=O) groups is 2. The number of likely N-dealkylation sites (N-methyl/N-ethyl adjacent to an activating group) is 1. The molecule has 138 valence electrons. The van der Waals surface area contributed by atoms with Gasteiger partial charge in [-0.15, -0.1) is 0 Å². The first-order valence-electron chi connectivity index (χ1n) is 8.67. The Kier molecular flexibility index (Phi) is 3.40. The number of carbonyl (C=O) groups excluding carboxylic acids is 2. The summed E-state index contributed by atoms with van der Waals surface area (Å²) in [5, 5.41) is 0. The van der Waals surface area contributed by atoms with E-state index >= 15 is 0 Å². The number of hydrogen-bond acceptors (Lipinski definition) is 6. The van der Waals surface area contributed by atoms with Gasteiger partial charge in [-0.25, -0.2) is 4.99 Å². The van der Waals surface area contributed by atoms with E-state index in [1.165, 1.54) is 14.2 Å². The highest BCUT2D eigenvalue weighted by Gasteiger charge is 2.87. The van der Waals surface area contributed by atoms with Gasteiger partial charge in [-0.2, -0.15) is 0 Å². The van der Waals surface area contributed by atoms with E-state index in [0.717, 1.165) is 4.90 Å². The number of nitrogens with zero attached hydrogens (tertiary/aromatic N) is 2. The molecule has 3 atom stereocenters. The van der Waals surface area contributed by atoms with Crippen molar-refractivity contribution in [3.8, 4) is 0 Å². The second kappa shape index (κ2) is 5.14. The summed E-state index contributed by atoms with van der Waals surface area (Å²) in [6.07, 6.45) is 0.500. The second-order valence-corrected chi connectivity index (χ2v) is 7.45. The van der Waals surface area contributed by atoms with E-state index in [0.29, 0.717) is 23.4 Å². The van der Waals surface area contributed by atoms with Crippen molar-refractivity contribution in [2.75, 3.05) is 14.2 Å². The molecule has 1 fully saturated rings. The summed E-state index contributed by atoms with van der Waals surface area (Å²) in [6.45, 7) is 5.79. The van der Waals surface area contributed by atoms with Gasteiger partial charge in [0.1, 0.15) is 0 Å². The van der Waals surface area contributed by atoms with Gasteiger partial charge in [-0.05, 0) is 18.4 Å². The quantitative estimate of drug-likeness (QED) is 0.773. The van der Waals surface area contributed by atoms with E-state index < -0.39 is 23.0 Å². The van der Waals surface area contributed by atoms with Crippen LogP contribution < -0.4 is 0 Å². The number of fused-ring (bicyclic) bond motifs is 4. The van der Waals surface area contributed by atoms with Crippen molar-refractivity contribution >= 4 is 17.7 Å². The van der Waals surface area contributed by atoms with Crippen molar-refractivity contribution in [1.29, 1.82) is 0 Å². The van der Waals surface area contributed by atoms with Crippen molar-refractivity contribution in [2.24, 2.45) is 10.9 Å². The summed E-state index contributed by atoms with van der Waals surface area (Å²) >= 11 is 0. The molecule has 1 aromatic carbocycles. The zero-order valence-corrected chi connectivity index (χ0v) is 15.5. The van der Waals surface area contributed by atoms with Gasteiger partial charge in [0.25, 0.3) is 11.8 Å². The minimum atomic E-state index is -1.47. The molecule has 1 saturated heterocycles. The molecule has 3 aliphatic heterocycles. The largest absolute Gasteiger partial charge is 0.424 e. The van der Waals surface area contributed by atoms with Crippen molar-refractivity contribution in [3.63, 3.8) is 0 Å². The van der Waals surface area contributed by atoms with Gasteiger partial charge in [0, 0.05) is 32.2 Å². The fourth-order valence-corrected chi connectivity index (χ4v) is 4.53. The van der Waals surface area contributed by atoms with Crippen molar-refractivity contribution in [2.45, 2.75) is 44.3 Å². The summed E-state index contributed by atoms with van der Waals surface area (Å²) in [7, 11) is 2.94. The third kappa shape index (κ3) is 1.68. The van der Waals surface area contributed by atoms with Gasteiger partial charge in [-0.1, -0.05) is 32.0 Å². The lowest BCUT2D eigenvalue weighted by molar-refractivity contribution is -0.491. The van der Waals surface area contributed by atoms with Crippen LogP contribution in [0.3, 0.4) is 0 Å². The first kappa shape index (κ1) is 17.2. The van der Waals surface area contributed by atoms with Crippen LogP contribution in [0, 0.1) is 5.92 Å². The summed E-state index contributed by atoms with van der Waals surface area (Å²) in [6, 6.07) is 7.01. The molecule has 0 aromatic heterocycles. The number of methoxy groups -OCH3 is 1. The highest BCUT2D eigenvalue weighted by atomic mass is 16.9. The maximum atomic E-state index is 13.4. The van der Waals surface area contributed by atoms with Crippen LogP contribution >= 0.6 is 0 Å². The van der Waals surface area contributed by atoms with E-state index in [4.69, 9.17) is 19.2 Å². The molecular formula is C19H22N2O5. The molecule has 0 saturated carbocycles. The molecule has 0 unspecified atom stereocenters. The number of imide groups is 1. The van der Waals surface area contributed by atoms with Crippen LogP contribution in [0.1, 0.15) is 43.1 Å². The van der Waals surface area contributed by atoms with Crippen LogP contribution in [-0.2, 0) is 24.6 Å². The van der Waals surface area contributed by atoms with E-state index in [2.05, 4.69) is 0 Å². The smallest absolute Gasteiger partial charge is 0.360 e. The van der Waals surface area contributed by atoms with E-state index in [9.17, 15) is 9.59 Å².